The maximum absolute atomic E-state index is 12.8. The molecule has 4 amide bonds. The van der Waals surface area contributed by atoms with Gasteiger partial charge in [0.25, 0.3) is 0 Å². The van der Waals surface area contributed by atoms with Crippen molar-refractivity contribution in [2.75, 3.05) is 64.4 Å². The normalized spacial score (nSPS) is 26.0. The van der Waals surface area contributed by atoms with Crippen LogP contribution in [0, 0.1) is 11.8 Å². The molecule has 33 heavy (non-hydrogen) atoms. The van der Waals surface area contributed by atoms with E-state index in [0.29, 0.717) is 32.4 Å². The van der Waals surface area contributed by atoms with Crippen LogP contribution in [-0.2, 0) is 14.3 Å². The Labute approximate surface area is 195 Å². The monoisotopic (exact) mass is 457 g/mol. The van der Waals surface area contributed by atoms with Crippen molar-refractivity contribution in [3.63, 3.8) is 0 Å². The summed E-state index contributed by atoms with van der Waals surface area (Å²) in [5.41, 5.74) is 1.26. The van der Waals surface area contributed by atoms with Gasteiger partial charge in [-0.25, -0.2) is 4.79 Å². The van der Waals surface area contributed by atoms with E-state index < -0.39 is 0 Å². The lowest BCUT2D eigenvalue weighted by Gasteiger charge is -2.42. The van der Waals surface area contributed by atoms with Crippen molar-refractivity contribution >= 4 is 23.5 Å². The third kappa shape index (κ3) is 5.65. The van der Waals surface area contributed by atoms with E-state index in [4.69, 9.17) is 4.74 Å². The Morgan fingerprint density at radius 1 is 1.09 bits per heavy atom. The molecule has 2 N–H and O–H groups in total. The first kappa shape index (κ1) is 23.5. The van der Waals surface area contributed by atoms with Gasteiger partial charge in [-0.1, -0.05) is 18.2 Å². The zero-order chi connectivity index (χ0) is 23.2. The van der Waals surface area contributed by atoms with E-state index in [1.165, 1.54) is 10.6 Å². The first-order valence-corrected chi connectivity index (χ1v) is 12.0. The van der Waals surface area contributed by atoms with E-state index in [0.717, 1.165) is 32.7 Å². The van der Waals surface area contributed by atoms with Gasteiger partial charge in [0.05, 0.1) is 19.1 Å². The fourth-order valence-corrected chi connectivity index (χ4v) is 5.14. The lowest BCUT2D eigenvalue weighted by molar-refractivity contribution is -0.139. The second-order valence-corrected chi connectivity index (χ2v) is 9.11. The lowest BCUT2D eigenvalue weighted by Crippen LogP contribution is -2.62. The Bertz CT molecular complexity index is 827. The van der Waals surface area contributed by atoms with Crippen molar-refractivity contribution in [2.45, 2.75) is 25.3 Å². The quantitative estimate of drug-likeness (QED) is 0.603. The van der Waals surface area contributed by atoms with Crippen LogP contribution in [0.1, 0.15) is 19.3 Å². The average Bonchev–Trinajstić information content (AvgIpc) is 2.84. The molecule has 4 rings (SSSR count). The van der Waals surface area contributed by atoms with Crippen molar-refractivity contribution in [3.05, 3.63) is 30.3 Å². The Morgan fingerprint density at radius 2 is 1.85 bits per heavy atom. The number of amides is 4. The Morgan fingerprint density at radius 3 is 2.58 bits per heavy atom. The minimum absolute atomic E-state index is 0.0277. The van der Waals surface area contributed by atoms with Gasteiger partial charge in [0.1, 0.15) is 0 Å². The summed E-state index contributed by atoms with van der Waals surface area (Å²) in [5, 5.41) is 6.01. The molecule has 9 heteroatoms. The van der Waals surface area contributed by atoms with E-state index in [-0.39, 0.29) is 42.3 Å². The highest BCUT2D eigenvalue weighted by molar-refractivity contribution is 5.99. The number of imide groups is 1. The molecule has 3 fully saturated rings. The van der Waals surface area contributed by atoms with Crippen LogP contribution in [0.3, 0.4) is 0 Å². The molecule has 0 bridgehead atoms. The number of methoxy groups -OCH3 is 1. The number of nitrogens with one attached hydrogen (secondary N) is 2. The maximum atomic E-state index is 12.8. The van der Waals surface area contributed by atoms with Crippen molar-refractivity contribution in [1.29, 1.82) is 0 Å². The summed E-state index contributed by atoms with van der Waals surface area (Å²) in [7, 11) is 1.55. The molecule has 0 spiro atoms. The van der Waals surface area contributed by atoms with E-state index in [1.807, 2.05) is 6.07 Å². The van der Waals surface area contributed by atoms with Gasteiger partial charge < -0.3 is 20.3 Å². The third-order valence-electron chi connectivity index (χ3n) is 7.10. The van der Waals surface area contributed by atoms with Gasteiger partial charge in [0, 0.05) is 64.0 Å². The molecular formula is C24H35N5O4. The van der Waals surface area contributed by atoms with Crippen LogP contribution < -0.4 is 15.5 Å². The number of hydrogen-bond acceptors (Lipinski definition) is 6. The molecule has 9 nitrogen and oxygen atoms in total. The first-order chi connectivity index (χ1) is 16.1. The van der Waals surface area contributed by atoms with Crippen molar-refractivity contribution in [1.82, 2.24) is 20.4 Å². The van der Waals surface area contributed by atoms with Crippen molar-refractivity contribution < 1.29 is 19.1 Å². The number of benzene rings is 1. The summed E-state index contributed by atoms with van der Waals surface area (Å²) in [6, 6.07) is 9.81. The standard InChI is InChI=1S/C24H35N5O4/c1-33-16-15-29-23(31)20-8-7-18(17-21(20)26-24(29)32)22(30)25-9-10-27-11-13-28(14-12-27)19-5-3-2-4-6-19/h2-6,18,20-21H,7-17H2,1H3,(H,25,30)(H,26,32). The first-order valence-electron chi connectivity index (χ1n) is 12.0. The zero-order valence-electron chi connectivity index (χ0n) is 19.4. The van der Waals surface area contributed by atoms with Crippen LogP contribution in [-0.4, -0.2) is 93.2 Å². The summed E-state index contributed by atoms with van der Waals surface area (Å²) >= 11 is 0. The maximum Gasteiger partial charge on any atom is 0.324 e. The summed E-state index contributed by atoms with van der Waals surface area (Å²) < 4.78 is 5.00. The topological polar surface area (TPSA) is 94.2 Å². The number of anilines is 1. The van der Waals surface area contributed by atoms with E-state index in [2.05, 4.69) is 44.7 Å². The summed E-state index contributed by atoms with van der Waals surface area (Å²) in [5.74, 6) is -0.529. The Kier molecular flexibility index (Phi) is 7.82. The Hall–Kier alpha value is -2.65. The van der Waals surface area contributed by atoms with Crippen LogP contribution in [0.2, 0.25) is 0 Å². The number of urea groups is 1. The fourth-order valence-electron chi connectivity index (χ4n) is 5.14. The predicted molar refractivity (Wildman–Crippen MR) is 125 cm³/mol. The molecule has 2 heterocycles. The molecule has 1 aliphatic carbocycles. The van der Waals surface area contributed by atoms with Crippen LogP contribution in [0.5, 0.6) is 0 Å². The molecule has 0 radical (unpaired) electrons. The number of carbonyl (C=O) groups is 3. The molecule has 2 saturated heterocycles. The van der Waals surface area contributed by atoms with Crippen LogP contribution in [0.25, 0.3) is 0 Å². The summed E-state index contributed by atoms with van der Waals surface area (Å²) in [4.78, 5) is 43.8. The van der Waals surface area contributed by atoms with Gasteiger partial charge in [0.15, 0.2) is 0 Å². The number of piperazine rings is 1. The number of hydrogen-bond donors (Lipinski definition) is 2. The minimum atomic E-state index is -0.381. The number of fused-ring (bicyclic) bond motifs is 1. The van der Waals surface area contributed by atoms with Gasteiger partial charge in [-0.3, -0.25) is 19.4 Å². The highest BCUT2D eigenvalue weighted by Gasteiger charge is 2.45. The fraction of sp³-hybridized carbons (Fsp3) is 0.625. The number of ether oxygens (including phenoxy) is 1. The second-order valence-electron chi connectivity index (χ2n) is 9.11. The lowest BCUT2D eigenvalue weighted by atomic mass is 9.76. The molecule has 2 aliphatic heterocycles. The van der Waals surface area contributed by atoms with Gasteiger partial charge in [0.2, 0.25) is 11.8 Å². The van der Waals surface area contributed by atoms with Crippen molar-refractivity contribution in [2.24, 2.45) is 11.8 Å². The van der Waals surface area contributed by atoms with Gasteiger partial charge >= 0.3 is 6.03 Å². The number of para-hydroxylation sites is 1. The molecule has 3 unspecified atom stereocenters. The smallest absolute Gasteiger partial charge is 0.324 e. The average molecular weight is 458 g/mol. The molecule has 3 aliphatic rings. The SMILES string of the molecule is COCCN1C(=O)NC2CC(C(=O)NCCN3CCN(c4ccccc4)CC3)CCC2C1=O. The third-order valence-corrected chi connectivity index (χ3v) is 7.10. The van der Waals surface area contributed by atoms with Gasteiger partial charge in [-0.2, -0.15) is 0 Å². The highest BCUT2D eigenvalue weighted by atomic mass is 16.5. The molecule has 3 atom stereocenters. The van der Waals surface area contributed by atoms with E-state index >= 15 is 0 Å². The molecular weight excluding hydrogens is 422 g/mol. The molecule has 0 aromatic heterocycles. The highest BCUT2D eigenvalue weighted by Crippen LogP contribution is 2.33. The summed E-state index contributed by atoms with van der Waals surface area (Å²) in [6.45, 7) is 5.95. The van der Waals surface area contributed by atoms with Crippen molar-refractivity contribution in [3.8, 4) is 0 Å². The van der Waals surface area contributed by atoms with E-state index in [1.54, 1.807) is 7.11 Å². The number of rotatable bonds is 8. The number of carbonyl (C=O) groups excluding carboxylic acids is 3. The van der Waals surface area contributed by atoms with Crippen LogP contribution >= 0.6 is 0 Å². The molecule has 1 saturated carbocycles. The van der Waals surface area contributed by atoms with Crippen LogP contribution in [0.15, 0.2) is 30.3 Å². The van der Waals surface area contributed by atoms with Crippen LogP contribution in [0.4, 0.5) is 10.5 Å². The molecule has 1 aromatic carbocycles. The second kappa shape index (κ2) is 11.0. The van der Waals surface area contributed by atoms with Gasteiger partial charge in [-0.15, -0.1) is 0 Å². The van der Waals surface area contributed by atoms with Gasteiger partial charge in [-0.05, 0) is 31.4 Å². The molecule has 180 valence electrons. The molecule has 1 aromatic rings. The minimum Gasteiger partial charge on any atom is -0.383 e. The number of nitrogens with zero attached hydrogens (tertiary/aromatic N) is 3. The largest absolute Gasteiger partial charge is 0.383 e. The van der Waals surface area contributed by atoms with E-state index in [9.17, 15) is 14.4 Å². The summed E-state index contributed by atoms with van der Waals surface area (Å²) in [6.07, 6.45) is 1.80. The Balaban J connectivity index is 1.18. The predicted octanol–water partition coefficient (Wildman–Crippen LogP) is 0.908. The zero-order valence-corrected chi connectivity index (χ0v) is 19.4.